The molecule has 2 aromatic carbocycles. The van der Waals surface area contributed by atoms with Gasteiger partial charge in [0.1, 0.15) is 36.2 Å². The van der Waals surface area contributed by atoms with Crippen LogP contribution in [0.4, 0.5) is 0 Å². The van der Waals surface area contributed by atoms with Gasteiger partial charge in [-0.3, -0.25) is 0 Å². The molecular weight excluding hydrogens is 284 g/mol. The molecule has 4 aromatic rings. The Balaban J connectivity index is 1.49. The van der Waals surface area contributed by atoms with Crippen molar-refractivity contribution in [1.29, 1.82) is 0 Å². The summed E-state index contributed by atoms with van der Waals surface area (Å²) in [7, 11) is 0. The molecule has 0 saturated carbocycles. The Kier molecular flexibility index (Phi) is 3.48. The predicted octanol–water partition coefficient (Wildman–Crippen LogP) is 2.49. The minimum Gasteiger partial charge on any atom is -0.250 e. The van der Waals surface area contributed by atoms with Crippen LogP contribution in [-0.2, 0) is 6.42 Å². The summed E-state index contributed by atoms with van der Waals surface area (Å²) in [6, 6.07) is 17.3. The third kappa shape index (κ3) is 2.92. The smallest absolute Gasteiger partial charge is 0.246 e. The maximum Gasteiger partial charge on any atom is 0.246 e. The summed E-state index contributed by atoms with van der Waals surface area (Å²) in [4.78, 5) is 6.12. The molecule has 0 aliphatic rings. The summed E-state index contributed by atoms with van der Waals surface area (Å²) in [6.07, 6.45) is 12.7. The van der Waals surface area contributed by atoms with E-state index in [4.69, 9.17) is 0 Å². The van der Waals surface area contributed by atoms with Gasteiger partial charge in [0.25, 0.3) is 0 Å². The SMILES string of the molecule is c1c[n+](-c2ccc(Cc3ccc(-[n+]4cc[nH]c4)cc3)cc2)c[nH]1. The molecule has 2 aromatic heterocycles. The van der Waals surface area contributed by atoms with Gasteiger partial charge in [0.15, 0.2) is 0 Å². The van der Waals surface area contributed by atoms with E-state index in [-0.39, 0.29) is 0 Å². The molecule has 2 heterocycles. The van der Waals surface area contributed by atoms with Gasteiger partial charge in [0.05, 0.1) is 0 Å². The molecule has 0 aliphatic heterocycles. The zero-order valence-corrected chi connectivity index (χ0v) is 12.7. The zero-order valence-electron chi connectivity index (χ0n) is 12.7. The van der Waals surface area contributed by atoms with Gasteiger partial charge >= 0.3 is 0 Å². The number of rotatable bonds is 4. The van der Waals surface area contributed by atoms with Crippen molar-refractivity contribution < 1.29 is 9.13 Å². The van der Waals surface area contributed by atoms with Gasteiger partial charge in [-0.15, -0.1) is 0 Å². The fourth-order valence-electron chi connectivity index (χ4n) is 2.71. The molecule has 0 saturated heterocycles. The van der Waals surface area contributed by atoms with E-state index in [1.807, 2.05) is 37.4 Å². The van der Waals surface area contributed by atoms with E-state index < -0.39 is 0 Å². The average molecular weight is 302 g/mol. The lowest BCUT2D eigenvalue weighted by Gasteiger charge is -2.04. The van der Waals surface area contributed by atoms with Crippen LogP contribution in [0.15, 0.2) is 86.0 Å². The van der Waals surface area contributed by atoms with E-state index in [2.05, 4.69) is 67.6 Å². The fourth-order valence-corrected chi connectivity index (χ4v) is 2.71. The first-order valence-corrected chi connectivity index (χ1v) is 7.65. The first-order valence-electron chi connectivity index (χ1n) is 7.65. The van der Waals surface area contributed by atoms with E-state index in [0.717, 1.165) is 17.8 Å². The van der Waals surface area contributed by atoms with Crippen LogP contribution in [0.25, 0.3) is 11.4 Å². The van der Waals surface area contributed by atoms with E-state index in [1.54, 1.807) is 0 Å². The standard InChI is InChI=1S/C19H16N4/c1-5-18(22-11-9-20-14-22)6-2-16(1)13-17-3-7-19(8-4-17)23-12-10-21-15-23/h1-12,14-15H,13H2/p+2. The van der Waals surface area contributed by atoms with Crippen LogP contribution in [0.3, 0.4) is 0 Å². The van der Waals surface area contributed by atoms with Crippen LogP contribution in [0.1, 0.15) is 11.1 Å². The molecule has 0 fully saturated rings. The Hall–Kier alpha value is -3.14. The number of benzene rings is 2. The maximum atomic E-state index is 3.06. The lowest BCUT2D eigenvalue weighted by molar-refractivity contribution is -0.594. The lowest BCUT2D eigenvalue weighted by Crippen LogP contribution is -2.26. The fraction of sp³-hybridized carbons (Fsp3) is 0.0526. The quantitative estimate of drug-likeness (QED) is 0.544. The van der Waals surface area contributed by atoms with Gasteiger partial charge in [0, 0.05) is 0 Å². The molecule has 4 nitrogen and oxygen atoms in total. The number of nitrogens with zero attached hydrogens (tertiary/aromatic N) is 2. The number of aromatic amines is 2. The Labute approximate surface area is 134 Å². The Morgan fingerprint density at radius 3 is 1.39 bits per heavy atom. The molecular formula is C19H18N4+2. The normalized spacial score (nSPS) is 10.8. The van der Waals surface area contributed by atoms with Crippen molar-refractivity contribution in [3.8, 4) is 11.4 Å². The Morgan fingerprint density at radius 1 is 0.609 bits per heavy atom. The van der Waals surface area contributed by atoms with Gasteiger partial charge in [-0.2, -0.15) is 0 Å². The van der Waals surface area contributed by atoms with Gasteiger partial charge in [-0.1, -0.05) is 24.3 Å². The van der Waals surface area contributed by atoms with Crippen molar-refractivity contribution in [2.24, 2.45) is 0 Å². The van der Waals surface area contributed by atoms with E-state index >= 15 is 0 Å². The molecule has 112 valence electrons. The highest BCUT2D eigenvalue weighted by Crippen LogP contribution is 2.12. The van der Waals surface area contributed by atoms with Crippen LogP contribution in [0.5, 0.6) is 0 Å². The van der Waals surface area contributed by atoms with Crippen LogP contribution in [0, 0.1) is 0 Å². The molecule has 0 unspecified atom stereocenters. The van der Waals surface area contributed by atoms with Gasteiger partial charge < -0.3 is 0 Å². The first-order chi connectivity index (χ1) is 11.4. The Bertz CT molecular complexity index is 783. The molecule has 2 N–H and O–H groups in total. The monoisotopic (exact) mass is 302 g/mol. The number of nitrogens with one attached hydrogen (secondary N) is 2. The minimum atomic E-state index is 0.941. The van der Waals surface area contributed by atoms with Crippen LogP contribution in [-0.4, -0.2) is 9.97 Å². The van der Waals surface area contributed by atoms with E-state index in [0.29, 0.717) is 0 Å². The van der Waals surface area contributed by atoms with Crippen LogP contribution in [0.2, 0.25) is 0 Å². The molecule has 0 spiro atoms. The predicted molar refractivity (Wildman–Crippen MR) is 87.5 cm³/mol. The third-order valence-corrected chi connectivity index (χ3v) is 3.97. The van der Waals surface area contributed by atoms with Crippen molar-refractivity contribution >= 4 is 0 Å². The third-order valence-electron chi connectivity index (χ3n) is 3.97. The summed E-state index contributed by atoms with van der Waals surface area (Å²) in [5, 5.41) is 0. The van der Waals surface area contributed by atoms with Gasteiger partial charge in [-0.05, 0) is 41.8 Å². The summed E-state index contributed by atoms with van der Waals surface area (Å²) in [5.41, 5.74) is 4.95. The number of hydrogen-bond donors (Lipinski definition) is 2. The molecule has 4 rings (SSSR count). The van der Waals surface area contributed by atoms with Crippen molar-refractivity contribution in [3.05, 3.63) is 97.1 Å². The maximum absolute atomic E-state index is 3.06. The highest BCUT2D eigenvalue weighted by atomic mass is 15.0. The van der Waals surface area contributed by atoms with Crippen molar-refractivity contribution in [2.75, 3.05) is 0 Å². The number of imidazole rings is 2. The molecule has 0 atom stereocenters. The molecule has 23 heavy (non-hydrogen) atoms. The molecule has 0 aliphatic carbocycles. The summed E-state index contributed by atoms with van der Waals surface area (Å²) < 4.78 is 4.12. The van der Waals surface area contributed by atoms with Crippen molar-refractivity contribution in [3.63, 3.8) is 0 Å². The van der Waals surface area contributed by atoms with Crippen molar-refractivity contribution in [1.82, 2.24) is 9.97 Å². The summed E-state index contributed by atoms with van der Waals surface area (Å²) >= 11 is 0. The van der Waals surface area contributed by atoms with E-state index in [1.165, 1.54) is 11.1 Å². The van der Waals surface area contributed by atoms with E-state index in [9.17, 15) is 0 Å². The van der Waals surface area contributed by atoms with Gasteiger partial charge in [-0.25, -0.2) is 19.1 Å². The average Bonchev–Trinajstić information content (AvgIpc) is 3.30. The molecule has 4 heteroatoms. The number of hydrogen-bond acceptors (Lipinski definition) is 0. The van der Waals surface area contributed by atoms with Gasteiger partial charge in [0.2, 0.25) is 12.7 Å². The lowest BCUT2D eigenvalue weighted by atomic mass is 10.0. The Morgan fingerprint density at radius 2 is 1.04 bits per heavy atom. The summed E-state index contributed by atoms with van der Waals surface area (Å²) in [5.74, 6) is 0. The second-order valence-electron chi connectivity index (χ2n) is 5.55. The molecule has 0 radical (unpaired) electrons. The minimum absolute atomic E-state index is 0.941. The molecule has 0 bridgehead atoms. The largest absolute Gasteiger partial charge is 0.250 e. The second-order valence-corrected chi connectivity index (χ2v) is 5.55. The van der Waals surface area contributed by atoms with Crippen LogP contribution < -0.4 is 9.13 Å². The number of H-pyrrole nitrogens is 2. The highest BCUT2D eigenvalue weighted by molar-refractivity contribution is 5.34. The van der Waals surface area contributed by atoms with Crippen LogP contribution >= 0.6 is 0 Å². The van der Waals surface area contributed by atoms with Crippen molar-refractivity contribution in [2.45, 2.75) is 6.42 Å². The zero-order chi connectivity index (χ0) is 15.5. The topological polar surface area (TPSA) is 39.3 Å². The second kappa shape index (κ2) is 5.93. The first kappa shape index (κ1) is 13.5. The molecule has 0 amide bonds. The summed E-state index contributed by atoms with van der Waals surface area (Å²) in [6.45, 7) is 0. The highest BCUT2D eigenvalue weighted by Gasteiger charge is 2.04. The number of aromatic nitrogens is 4.